The first-order valence-corrected chi connectivity index (χ1v) is 10.8. The summed E-state index contributed by atoms with van der Waals surface area (Å²) in [5, 5.41) is 13.4. The number of amides is 1. The predicted octanol–water partition coefficient (Wildman–Crippen LogP) is 1.16. The average Bonchev–Trinajstić information content (AvgIpc) is 3.18. The van der Waals surface area contributed by atoms with E-state index in [1.807, 2.05) is 13.1 Å². The molecule has 8 nitrogen and oxygen atoms in total. The lowest BCUT2D eigenvalue weighted by Crippen LogP contribution is -2.58. The molecule has 0 aliphatic carbocycles. The Hall–Kier alpha value is -2.49. The van der Waals surface area contributed by atoms with Gasteiger partial charge < -0.3 is 25.0 Å². The van der Waals surface area contributed by atoms with Gasteiger partial charge in [0.15, 0.2) is 5.82 Å². The number of benzene rings is 1. The highest BCUT2D eigenvalue weighted by Crippen LogP contribution is 2.36. The molecule has 1 amide bonds. The Morgan fingerprint density at radius 2 is 2.10 bits per heavy atom. The number of β-amino-alcohol motifs (C(OH)–C–C–N with tert-alkyl or cyclic N) is 1. The van der Waals surface area contributed by atoms with Crippen LogP contribution in [0.15, 0.2) is 12.1 Å². The number of anilines is 2. The molecule has 1 aromatic carbocycles. The molecule has 166 valence electrons. The number of likely N-dealkylation sites (tertiary alicyclic amines) is 1. The molecule has 3 aliphatic rings. The highest BCUT2D eigenvalue weighted by molar-refractivity contribution is 5.96. The second kappa shape index (κ2) is 7.89. The standard InChI is InChI=1S/C22H28FN5O3/c1-13-7-26(10-20(30)27-8-15(29)9-27)3-4-28(13)14-5-16-21(24-2)17-11-31-12-19(17)25-22(16)18(23)6-14/h5-6,13,15,29H,3-4,7-12H2,1-2H3,(H,24,25)/t13-/m1/s1. The summed E-state index contributed by atoms with van der Waals surface area (Å²) in [6.45, 7) is 6.36. The third-order valence-corrected chi connectivity index (χ3v) is 6.57. The van der Waals surface area contributed by atoms with Crippen molar-refractivity contribution in [3.8, 4) is 0 Å². The normalized spacial score (nSPS) is 22.0. The number of piperazine rings is 1. The number of aliphatic hydroxyl groups excluding tert-OH is 1. The van der Waals surface area contributed by atoms with Gasteiger partial charge in [-0.3, -0.25) is 9.69 Å². The van der Waals surface area contributed by atoms with E-state index in [4.69, 9.17) is 4.74 Å². The number of carbonyl (C=O) groups is 1. The molecule has 4 heterocycles. The zero-order chi connectivity index (χ0) is 21.7. The van der Waals surface area contributed by atoms with Crippen LogP contribution in [0, 0.1) is 5.82 Å². The summed E-state index contributed by atoms with van der Waals surface area (Å²) in [5.41, 5.74) is 3.87. The molecular formula is C22H28FN5O3. The van der Waals surface area contributed by atoms with Gasteiger partial charge in [0.25, 0.3) is 0 Å². The van der Waals surface area contributed by atoms with E-state index in [0.29, 0.717) is 44.9 Å². The summed E-state index contributed by atoms with van der Waals surface area (Å²) in [6, 6.07) is 3.70. The minimum absolute atomic E-state index is 0.0588. The largest absolute Gasteiger partial charge is 0.389 e. The van der Waals surface area contributed by atoms with Crippen LogP contribution < -0.4 is 10.2 Å². The number of ether oxygens (including phenoxy) is 1. The van der Waals surface area contributed by atoms with Crippen LogP contribution in [0.2, 0.25) is 0 Å². The van der Waals surface area contributed by atoms with Crippen LogP contribution in [0.3, 0.4) is 0 Å². The number of hydrogen-bond acceptors (Lipinski definition) is 7. The molecule has 31 heavy (non-hydrogen) atoms. The van der Waals surface area contributed by atoms with Gasteiger partial charge in [-0.05, 0) is 19.1 Å². The van der Waals surface area contributed by atoms with Crippen molar-refractivity contribution in [1.29, 1.82) is 0 Å². The number of halogens is 1. The van der Waals surface area contributed by atoms with E-state index in [-0.39, 0.29) is 23.9 Å². The highest BCUT2D eigenvalue weighted by Gasteiger charge is 2.32. The van der Waals surface area contributed by atoms with Gasteiger partial charge in [-0.25, -0.2) is 9.37 Å². The number of nitrogens with one attached hydrogen (secondary N) is 1. The van der Waals surface area contributed by atoms with E-state index in [1.54, 1.807) is 11.0 Å². The smallest absolute Gasteiger partial charge is 0.236 e. The van der Waals surface area contributed by atoms with Gasteiger partial charge in [-0.1, -0.05) is 0 Å². The molecule has 3 aliphatic heterocycles. The van der Waals surface area contributed by atoms with E-state index in [2.05, 4.69) is 27.0 Å². The molecule has 1 atom stereocenters. The van der Waals surface area contributed by atoms with Crippen LogP contribution in [0.5, 0.6) is 0 Å². The van der Waals surface area contributed by atoms with Gasteiger partial charge in [-0.2, -0.15) is 0 Å². The molecule has 2 saturated heterocycles. The van der Waals surface area contributed by atoms with Crippen LogP contribution in [-0.4, -0.2) is 84.3 Å². The van der Waals surface area contributed by atoms with E-state index >= 15 is 4.39 Å². The number of hydrogen-bond donors (Lipinski definition) is 2. The fourth-order valence-electron chi connectivity index (χ4n) is 4.88. The Morgan fingerprint density at radius 3 is 2.81 bits per heavy atom. The Bertz CT molecular complexity index is 1030. The molecule has 0 unspecified atom stereocenters. The Morgan fingerprint density at radius 1 is 1.29 bits per heavy atom. The third-order valence-electron chi connectivity index (χ3n) is 6.57. The maximum Gasteiger partial charge on any atom is 0.236 e. The number of nitrogens with zero attached hydrogens (tertiary/aromatic N) is 4. The molecule has 5 rings (SSSR count). The van der Waals surface area contributed by atoms with Gasteiger partial charge in [-0.15, -0.1) is 0 Å². The lowest BCUT2D eigenvalue weighted by molar-refractivity contribution is -0.142. The van der Waals surface area contributed by atoms with Crippen molar-refractivity contribution in [2.45, 2.75) is 32.3 Å². The van der Waals surface area contributed by atoms with Crippen LogP contribution in [-0.2, 0) is 22.7 Å². The summed E-state index contributed by atoms with van der Waals surface area (Å²) in [7, 11) is 1.84. The van der Waals surface area contributed by atoms with Crippen molar-refractivity contribution in [3.63, 3.8) is 0 Å². The minimum atomic E-state index is -0.382. The van der Waals surface area contributed by atoms with Gasteiger partial charge in [0.2, 0.25) is 5.91 Å². The van der Waals surface area contributed by atoms with Gasteiger partial charge in [0, 0.05) is 62.5 Å². The number of pyridine rings is 1. The summed E-state index contributed by atoms with van der Waals surface area (Å²) in [4.78, 5) is 22.9. The van der Waals surface area contributed by atoms with Crippen LogP contribution in [0.25, 0.3) is 10.9 Å². The Labute approximate surface area is 180 Å². The second-order valence-electron chi connectivity index (χ2n) is 8.71. The van der Waals surface area contributed by atoms with E-state index in [1.165, 1.54) is 0 Å². The number of aliphatic hydroxyl groups is 1. The lowest BCUT2D eigenvalue weighted by atomic mass is 10.0. The average molecular weight is 429 g/mol. The summed E-state index contributed by atoms with van der Waals surface area (Å²) in [5.74, 6) is -0.275. The Balaban J connectivity index is 1.36. The minimum Gasteiger partial charge on any atom is -0.389 e. The third kappa shape index (κ3) is 3.60. The maximum absolute atomic E-state index is 15.1. The fraction of sp³-hybridized carbons (Fsp3) is 0.545. The fourth-order valence-corrected chi connectivity index (χ4v) is 4.88. The molecule has 2 fully saturated rings. The van der Waals surface area contributed by atoms with E-state index in [9.17, 15) is 9.90 Å². The van der Waals surface area contributed by atoms with Gasteiger partial charge >= 0.3 is 0 Å². The number of fused-ring (bicyclic) bond motifs is 2. The molecule has 0 bridgehead atoms. The van der Waals surface area contributed by atoms with Crippen molar-refractivity contribution >= 4 is 28.2 Å². The van der Waals surface area contributed by atoms with Gasteiger partial charge in [0.05, 0.1) is 37.2 Å². The summed E-state index contributed by atoms with van der Waals surface area (Å²) in [6.07, 6.45) is -0.382. The summed E-state index contributed by atoms with van der Waals surface area (Å²) >= 11 is 0. The molecule has 0 spiro atoms. The number of rotatable bonds is 4. The van der Waals surface area contributed by atoms with Crippen molar-refractivity contribution in [2.75, 3.05) is 56.5 Å². The molecule has 1 aromatic heterocycles. The molecule has 2 aromatic rings. The first-order chi connectivity index (χ1) is 14.9. The van der Waals surface area contributed by atoms with Crippen molar-refractivity contribution in [2.24, 2.45) is 0 Å². The van der Waals surface area contributed by atoms with Crippen LogP contribution in [0.1, 0.15) is 18.2 Å². The number of aromatic nitrogens is 1. The number of carbonyl (C=O) groups excluding carboxylic acids is 1. The molecule has 2 N–H and O–H groups in total. The first kappa shape index (κ1) is 20.4. The van der Waals surface area contributed by atoms with Crippen LogP contribution >= 0.6 is 0 Å². The SMILES string of the molecule is CNc1c2c(nc3c(F)cc(N4CCN(CC(=O)N5CC(O)C5)C[C@H]4C)cc13)COC2. The van der Waals surface area contributed by atoms with Crippen LogP contribution in [0.4, 0.5) is 15.8 Å². The van der Waals surface area contributed by atoms with Crippen molar-refractivity contribution in [3.05, 3.63) is 29.2 Å². The van der Waals surface area contributed by atoms with E-state index < -0.39 is 0 Å². The quantitative estimate of drug-likeness (QED) is 0.755. The zero-order valence-corrected chi connectivity index (χ0v) is 17.9. The Kier molecular flexibility index (Phi) is 5.19. The first-order valence-electron chi connectivity index (χ1n) is 10.8. The topological polar surface area (TPSA) is 81.2 Å². The molecule has 9 heteroatoms. The lowest BCUT2D eigenvalue weighted by Gasteiger charge is -2.43. The van der Waals surface area contributed by atoms with E-state index in [0.717, 1.165) is 41.1 Å². The summed E-state index contributed by atoms with van der Waals surface area (Å²) < 4.78 is 20.6. The molecule has 0 saturated carbocycles. The van der Waals surface area contributed by atoms with Gasteiger partial charge in [0.1, 0.15) is 5.52 Å². The second-order valence-corrected chi connectivity index (χ2v) is 8.71. The zero-order valence-electron chi connectivity index (χ0n) is 17.9. The highest BCUT2D eigenvalue weighted by atomic mass is 19.1. The predicted molar refractivity (Wildman–Crippen MR) is 116 cm³/mol. The van der Waals surface area contributed by atoms with Crippen molar-refractivity contribution < 1.29 is 19.0 Å². The maximum atomic E-state index is 15.1. The van der Waals surface area contributed by atoms with Crippen molar-refractivity contribution in [1.82, 2.24) is 14.8 Å². The molecule has 0 radical (unpaired) electrons. The molecular weight excluding hydrogens is 401 g/mol. The monoisotopic (exact) mass is 429 g/mol.